The van der Waals surface area contributed by atoms with E-state index in [0.717, 1.165) is 11.9 Å². The predicted molar refractivity (Wildman–Crippen MR) is 77.0 cm³/mol. The van der Waals surface area contributed by atoms with Gasteiger partial charge < -0.3 is 4.90 Å². The highest BCUT2D eigenvalue weighted by Crippen LogP contribution is 2.19. The smallest absolute Gasteiger partial charge is 0.223 e. The van der Waals surface area contributed by atoms with Crippen LogP contribution in [-0.4, -0.2) is 20.1 Å². The number of rotatable bonds is 5. The first-order chi connectivity index (χ1) is 7.96. The van der Waals surface area contributed by atoms with Crippen LogP contribution in [0.15, 0.2) is 30.3 Å². The van der Waals surface area contributed by atoms with Crippen LogP contribution in [0, 0.1) is 0 Å². The highest BCUT2D eigenvalue weighted by atomic mass is 28.3. The molecule has 0 aliphatic carbocycles. The van der Waals surface area contributed by atoms with Crippen molar-refractivity contribution in [3.8, 4) is 0 Å². The van der Waals surface area contributed by atoms with Crippen molar-refractivity contribution in [3.63, 3.8) is 0 Å². The lowest BCUT2D eigenvalue weighted by Gasteiger charge is -2.30. The largest absolute Gasteiger partial charge is 0.316 e. The molecule has 0 fully saturated rings. The lowest BCUT2D eigenvalue weighted by molar-refractivity contribution is -0.116. The molecule has 0 saturated heterocycles. The summed E-state index contributed by atoms with van der Waals surface area (Å²) in [5, 5.41) is 0. The van der Waals surface area contributed by atoms with Gasteiger partial charge in [-0.1, -0.05) is 50.7 Å². The van der Waals surface area contributed by atoms with Crippen molar-refractivity contribution in [2.75, 3.05) is 11.1 Å². The summed E-state index contributed by atoms with van der Waals surface area (Å²) in [6, 6.07) is 11.2. The Labute approximate surface area is 106 Å². The quantitative estimate of drug-likeness (QED) is 0.729. The van der Waals surface area contributed by atoms with Crippen molar-refractivity contribution < 1.29 is 4.79 Å². The minimum absolute atomic E-state index is 0.146. The van der Waals surface area contributed by atoms with Gasteiger partial charge in [-0.3, -0.25) is 4.79 Å². The Kier molecular flexibility index (Phi) is 4.94. The molecule has 17 heavy (non-hydrogen) atoms. The van der Waals surface area contributed by atoms with Crippen LogP contribution in [0.2, 0.25) is 19.1 Å². The fraction of sp³-hybridized carbons (Fsp3) is 0.500. The maximum Gasteiger partial charge on any atom is 0.223 e. The third-order valence-corrected chi connectivity index (χ3v) is 5.99. The Bertz CT molecular complexity index is 362. The Morgan fingerprint density at radius 2 is 1.82 bits per heavy atom. The maximum atomic E-state index is 11.8. The van der Waals surface area contributed by atoms with Gasteiger partial charge in [0.15, 0.2) is 0 Å². The standard InChI is InChI=1S/C14H23NOSi/c1-5-11-17(3,4)12-15(13(2)16)14-9-7-6-8-10-14/h6-10H,5,11-12H2,1-4H3. The molecule has 0 aliphatic rings. The molecule has 1 rings (SSSR count). The molecule has 0 bridgehead atoms. The first-order valence-electron chi connectivity index (χ1n) is 6.29. The summed E-state index contributed by atoms with van der Waals surface area (Å²) in [4.78, 5) is 13.7. The van der Waals surface area contributed by atoms with Crippen molar-refractivity contribution in [1.29, 1.82) is 0 Å². The lowest BCUT2D eigenvalue weighted by atomic mass is 10.3. The second-order valence-corrected chi connectivity index (χ2v) is 10.5. The number of amides is 1. The third kappa shape index (κ3) is 4.34. The van der Waals surface area contributed by atoms with Gasteiger partial charge in [-0.05, 0) is 12.1 Å². The molecule has 1 amide bonds. The molecule has 2 nitrogen and oxygen atoms in total. The minimum atomic E-state index is -1.31. The molecule has 1 aromatic carbocycles. The van der Waals surface area contributed by atoms with E-state index in [1.54, 1.807) is 6.92 Å². The molecule has 0 aromatic heterocycles. The zero-order chi connectivity index (χ0) is 12.9. The van der Waals surface area contributed by atoms with E-state index in [0.29, 0.717) is 0 Å². The second kappa shape index (κ2) is 6.01. The van der Waals surface area contributed by atoms with Gasteiger partial charge in [0, 0.05) is 18.8 Å². The number of carbonyl (C=O) groups is 1. The third-order valence-electron chi connectivity index (χ3n) is 2.96. The zero-order valence-corrected chi connectivity index (χ0v) is 12.4. The van der Waals surface area contributed by atoms with Crippen molar-refractivity contribution in [1.82, 2.24) is 0 Å². The first kappa shape index (κ1) is 14.0. The number of benzene rings is 1. The topological polar surface area (TPSA) is 20.3 Å². The van der Waals surface area contributed by atoms with Gasteiger partial charge >= 0.3 is 0 Å². The molecule has 94 valence electrons. The van der Waals surface area contributed by atoms with Crippen molar-refractivity contribution in [2.45, 2.75) is 39.4 Å². The van der Waals surface area contributed by atoms with E-state index in [-0.39, 0.29) is 5.91 Å². The number of carbonyl (C=O) groups excluding carboxylic acids is 1. The van der Waals surface area contributed by atoms with E-state index >= 15 is 0 Å². The number of hydrogen-bond acceptors (Lipinski definition) is 1. The molecular weight excluding hydrogens is 226 g/mol. The van der Waals surface area contributed by atoms with Crippen LogP contribution in [0.1, 0.15) is 20.3 Å². The lowest BCUT2D eigenvalue weighted by Crippen LogP contribution is -2.44. The normalized spacial score (nSPS) is 11.3. The Morgan fingerprint density at radius 3 is 2.29 bits per heavy atom. The van der Waals surface area contributed by atoms with Crippen LogP contribution in [0.25, 0.3) is 0 Å². The minimum Gasteiger partial charge on any atom is -0.316 e. The van der Waals surface area contributed by atoms with E-state index in [2.05, 4.69) is 20.0 Å². The summed E-state index contributed by atoms with van der Waals surface area (Å²) in [6.45, 7) is 8.59. The molecule has 0 unspecified atom stereocenters. The zero-order valence-electron chi connectivity index (χ0n) is 11.4. The van der Waals surface area contributed by atoms with Gasteiger partial charge in [0.1, 0.15) is 0 Å². The number of anilines is 1. The summed E-state index contributed by atoms with van der Waals surface area (Å²) in [5.41, 5.74) is 1.02. The number of nitrogens with zero attached hydrogens (tertiary/aromatic N) is 1. The molecule has 0 aliphatic heterocycles. The van der Waals surface area contributed by atoms with Crippen molar-refractivity contribution in [3.05, 3.63) is 30.3 Å². The van der Waals surface area contributed by atoms with Gasteiger partial charge in [-0.2, -0.15) is 0 Å². The first-order valence-corrected chi connectivity index (χ1v) is 9.71. The van der Waals surface area contributed by atoms with Gasteiger partial charge in [0.2, 0.25) is 5.91 Å². The molecule has 0 N–H and O–H groups in total. The number of para-hydroxylation sites is 1. The van der Waals surface area contributed by atoms with E-state index in [4.69, 9.17) is 0 Å². The Morgan fingerprint density at radius 1 is 1.24 bits per heavy atom. The molecule has 0 spiro atoms. The van der Waals surface area contributed by atoms with Gasteiger partial charge in [-0.25, -0.2) is 0 Å². The summed E-state index contributed by atoms with van der Waals surface area (Å²) >= 11 is 0. The number of hydrogen-bond donors (Lipinski definition) is 0. The molecule has 0 heterocycles. The highest BCUT2D eigenvalue weighted by molar-refractivity contribution is 6.78. The summed E-state index contributed by atoms with van der Waals surface area (Å²) in [5.74, 6) is 0.146. The molecule has 0 radical (unpaired) electrons. The van der Waals surface area contributed by atoms with Crippen LogP contribution in [0.5, 0.6) is 0 Å². The second-order valence-electron chi connectivity index (χ2n) is 5.35. The van der Waals surface area contributed by atoms with Crippen molar-refractivity contribution >= 4 is 19.7 Å². The van der Waals surface area contributed by atoms with Crippen molar-refractivity contribution in [2.24, 2.45) is 0 Å². The Balaban J connectivity index is 2.85. The average molecular weight is 249 g/mol. The van der Waals surface area contributed by atoms with Crippen LogP contribution in [0.3, 0.4) is 0 Å². The van der Waals surface area contributed by atoms with Crippen LogP contribution in [0.4, 0.5) is 5.69 Å². The summed E-state index contributed by atoms with van der Waals surface area (Å²) in [7, 11) is -1.31. The Hall–Kier alpha value is -1.09. The molecule has 0 atom stereocenters. The van der Waals surface area contributed by atoms with E-state index in [1.165, 1.54) is 12.5 Å². The molecule has 1 aromatic rings. The predicted octanol–water partition coefficient (Wildman–Crippen LogP) is 3.70. The SMILES string of the molecule is CCC[Si](C)(C)CN(C(C)=O)c1ccccc1. The van der Waals surface area contributed by atoms with Gasteiger partial charge in [0.25, 0.3) is 0 Å². The fourth-order valence-corrected chi connectivity index (χ4v) is 4.95. The van der Waals surface area contributed by atoms with Crippen LogP contribution >= 0.6 is 0 Å². The van der Waals surface area contributed by atoms with Gasteiger partial charge in [-0.15, -0.1) is 0 Å². The monoisotopic (exact) mass is 249 g/mol. The van der Waals surface area contributed by atoms with E-state index in [9.17, 15) is 4.79 Å². The summed E-state index contributed by atoms with van der Waals surface area (Å²) < 4.78 is 0. The average Bonchev–Trinajstić information content (AvgIpc) is 2.27. The van der Waals surface area contributed by atoms with E-state index in [1.807, 2.05) is 35.2 Å². The fourth-order valence-electron chi connectivity index (χ4n) is 2.18. The maximum absolute atomic E-state index is 11.8. The van der Waals surface area contributed by atoms with Crippen LogP contribution < -0.4 is 4.90 Å². The van der Waals surface area contributed by atoms with Gasteiger partial charge in [0.05, 0.1) is 8.07 Å². The van der Waals surface area contributed by atoms with E-state index < -0.39 is 8.07 Å². The molecule has 0 saturated carbocycles. The molecular formula is C14H23NOSi. The molecule has 3 heteroatoms. The summed E-state index contributed by atoms with van der Waals surface area (Å²) in [6.07, 6.45) is 2.12. The highest BCUT2D eigenvalue weighted by Gasteiger charge is 2.25. The van der Waals surface area contributed by atoms with Crippen LogP contribution in [-0.2, 0) is 4.79 Å².